The number of benzene rings is 2. The van der Waals surface area contributed by atoms with Crippen molar-refractivity contribution >= 4 is 44.2 Å². The first kappa shape index (κ1) is 34.7. The fraction of sp³-hybridized carbons (Fsp3) is 0.333. The Balaban J connectivity index is 0.000000141. The number of hydrogen-bond donors (Lipinski definition) is 1. The monoisotopic (exact) mass is 827 g/mol. The number of imidazole rings is 2. The maximum absolute atomic E-state index is 6.06. The summed E-state index contributed by atoms with van der Waals surface area (Å²) in [7, 11) is 0. The summed E-state index contributed by atoms with van der Waals surface area (Å²) in [6, 6.07) is 24.6. The first-order chi connectivity index (χ1) is 28.1. The maximum atomic E-state index is 6.06. The minimum Gasteiger partial charge on any atom is -0.493 e. The summed E-state index contributed by atoms with van der Waals surface area (Å²) in [5.41, 5.74) is 6.74. The molecule has 5 aliphatic rings. The molecule has 5 aromatic heterocycles. The number of halogens is 1. The summed E-state index contributed by atoms with van der Waals surface area (Å²) >= 11 is 3.48. The van der Waals surface area contributed by atoms with Crippen molar-refractivity contribution in [1.82, 2.24) is 39.0 Å². The highest BCUT2D eigenvalue weighted by molar-refractivity contribution is 9.10. The second-order valence-corrected chi connectivity index (χ2v) is 15.8. The third-order valence-electron chi connectivity index (χ3n) is 11.6. The average molecular weight is 829 g/mol. The molecule has 5 aliphatic heterocycles. The number of anilines is 1. The molecule has 0 saturated carbocycles. The Hall–Kier alpha value is -5.48. The van der Waals surface area contributed by atoms with Gasteiger partial charge in [-0.2, -0.15) is 0 Å². The van der Waals surface area contributed by atoms with Gasteiger partial charge in [0.15, 0.2) is 11.3 Å². The molecule has 10 heterocycles. The highest BCUT2D eigenvalue weighted by atomic mass is 79.9. The van der Waals surface area contributed by atoms with Crippen molar-refractivity contribution in [2.24, 2.45) is 0 Å². The molecule has 3 atom stereocenters. The molecule has 1 fully saturated rings. The lowest BCUT2D eigenvalue weighted by Crippen LogP contribution is -2.47. The lowest BCUT2D eigenvalue weighted by molar-refractivity contribution is 0.00397. The first-order valence-corrected chi connectivity index (χ1v) is 20.1. The lowest BCUT2D eigenvalue weighted by Gasteiger charge is -2.43. The number of fused-ring (bicyclic) bond motifs is 12. The van der Waals surface area contributed by atoms with E-state index in [9.17, 15) is 0 Å². The molecule has 1 saturated heterocycles. The van der Waals surface area contributed by atoms with Crippen molar-refractivity contribution in [2.45, 2.75) is 49.6 Å². The van der Waals surface area contributed by atoms with Gasteiger partial charge in [0, 0.05) is 48.5 Å². The van der Waals surface area contributed by atoms with E-state index < -0.39 is 5.54 Å². The van der Waals surface area contributed by atoms with Gasteiger partial charge in [-0.15, -0.1) is 0 Å². The number of aromatic nitrogens is 8. The molecule has 3 unspecified atom stereocenters. The van der Waals surface area contributed by atoms with Crippen molar-refractivity contribution in [3.63, 3.8) is 0 Å². The second-order valence-electron chi connectivity index (χ2n) is 15.0. The molecule has 15 heteroatoms. The Morgan fingerprint density at radius 1 is 0.649 bits per heavy atom. The van der Waals surface area contributed by atoms with Gasteiger partial charge in [-0.25, -0.2) is 29.9 Å². The molecule has 0 radical (unpaired) electrons. The van der Waals surface area contributed by atoms with Crippen LogP contribution < -0.4 is 14.8 Å². The molecule has 2 aromatic carbocycles. The van der Waals surface area contributed by atoms with Crippen LogP contribution >= 0.6 is 15.9 Å². The SMILES string of the molecule is Brc1ccc2nc3n(c2n1)C1(CCOc2ccccc21)COC3.c1ccc2c(c1)OCCC21COCc2nc3ccc(-c4cnc(NC5CCOC5)nc4)nc3n21. The van der Waals surface area contributed by atoms with Crippen LogP contribution in [-0.2, 0) is 38.5 Å². The van der Waals surface area contributed by atoms with Crippen molar-refractivity contribution in [2.75, 3.05) is 45.0 Å². The molecule has 0 aliphatic carbocycles. The van der Waals surface area contributed by atoms with Crippen LogP contribution in [0.4, 0.5) is 5.95 Å². The average Bonchev–Trinajstić information content (AvgIpc) is 4.00. The van der Waals surface area contributed by atoms with E-state index >= 15 is 0 Å². The van der Waals surface area contributed by atoms with Crippen LogP contribution in [0, 0.1) is 0 Å². The minimum absolute atomic E-state index is 0.263. The normalized spacial score (nSPS) is 23.1. The topological polar surface area (TPSA) is 145 Å². The molecule has 2 spiro atoms. The molecule has 288 valence electrons. The van der Waals surface area contributed by atoms with Gasteiger partial charge in [-0.1, -0.05) is 36.4 Å². The van der Waals surface area contributed by atoms with Gasteiger partial charge >= 0.3 is 0 Å². The van der Waals surface area contributed by atoms with E-state index in [4.69, 9.17) is 43.6 Å². The third kappa shape index (κ3) is 5.77. The summed E-state index contributed by atoms with van der Waals surface area (Å²) in [5, 5.41) is 3.33. The van der Waals surface area contributed by atoms with Gasteiger partial charge in [-0.3, -0.25) is 9.13 Å². The minimum atomic E-state index is -0.392. The molecular formula is C42H38BrN9O5. The zero-order chi connectivity index (χ0) is 38.0. The summed E-state index contributed by atoms with van der Waals surface area (Å²) in [5.74, 6) is 4.24. The number of rotatable bonds is 3. The summed E-state index contributed by atoms with van der Waals surface area (Å²) in [4.78, 5) is 28.4. The maximum Gasteiger partial charge on any atom is 0.222 e. The van der Waals surface area contributed by atoms with E-state index in [1.807, 2.05) is 73.1 Å². The van der Waals surface area contributed by atoms with Crippen LogP contribution in [-0.4, -0.2) is 84.7 Å². The number of nitrogens with zero attached hydrogens (tertiary/aromatic N) is 8. The van der Waals surface area contributed by atoms with E-state index in [0.29, 0.717) is 52.2 Å². The van der Waals surface area contributed by atoms with Gasteiger partial charge in [0.2, 0.25) is 5.95 Å². The smallest absolute Gasteiger partial charge is 0.222 e. The van der Waals surface area contributed by atoms with Crippen LogP contribution in [0.3, 0.4) is 0 Å². The Kier molecular flexibility index (Phi) is 8.45. The van der Waals surface area contributed by atoms with E-state index in [0.717, 1.165) is 98.3 Å². The van der Waals surface area contributed by atoms with E-state index in [1.54, 1.807) is 0 Å². The van der Waals surface area contributed by atoms with Gasteiger partial charge in [0.25, 0.3) is 0 Å². The van der Waals surface area contributed by atoms with E-state index in [-0.39, 0.29) is 11.6 Å². The zero-order valence-electron chi connectivity index (χ0n) is 30.9. The Bertz CT molecular complexity index is 2640. The number of ether oxygens (including phenoxy) is 5. The zero-order valence-corrected chi connectivity index (χ0v) is 32.5. The second kappa shape index (κ2) is 13.9. The number of hydrogen-bond acceptors (Lipinski definition) is 12. The van der Waals surface area contributed by atoms with Crippen LogP contribution in [0.15, 0.2) is 89.8 Å². The molecule has 12 rings (SSSR count). The van der Waals surface area contributed by atoms with Crippen molar-refractivity contribution in [3.8, 4) is 22.8 Å². The Morgan fingerprint density at radius 2 is 1.25 bits per heavy atom. The standard InChI is InChI=1S/C25H24N6O3.C17H14BrN3O2/c1-2-4-21-18(3-1)25(8-10-34-21)15-33-14-22-29-20-6-5-19(30-23(20)31(22)25)16-11-26-24(27-12-16)28-17-7-9-32-13-17;18-14-6-5-12-16(20-14)21-15(19-12)9-22-10-17(21)7-8-23-13-4-2-1-3-11(13)17/h1-6,11-12,17H,7-10,13-15H2,(H,26,27,28);1-6H,7-10H2. The van der Waals surface area contributed by atoms with Gasteiger partial charge < -0.3 is 29.0 Å². The number of nitrogens with one attached hydrogen (secondary N) is 1. The van der Waals surface area contributed by atoms with Crippen LogP contribution in [0.5, 0.6) is 11.5 Å². The Labute approximate surface area is 335 Å². The summed E-state index contributed by atoms with van der Waals surface area (Å²) in [6.45, 7) is 4.89. The molecular weight excluding hydrogens is 790 g/mol. The molecule has 7 aromatic rings. The molecule has 14 nitrogen and oxygen atoms in total. The van der Waals surface area contributed by atoms with Gasteiger partial charge in [0.1, 0.15) is 63.1 Å². The summed E-state index contributed by atoms with van der Waals surface area (Å²) in [6.07, 6.45) is 6.24. The Morgan fingerprint density at radius 3 is 1.86 bits per heavy atom. The number of pyridine rings is 2. The third-order valence-corrected chi connectivity index (χ3v) is 12.1. The molecule has 0 bridgehead atoms. The van der Waals surface area contributed by atoms with E-state index in [1.165, 1.54) is 0 Å². The molecule has 57 heavy (non-hydrogen) atoms. The van der Waals surface area contributed by atoms with Crippen LogP contribution in [0.25, 0.3) is 33.6 Å². The predicted molar refractivity (Wildman–Crippen MR) is 213 cm³/mol. The summed E-state index contributed by atoms with van der Waals surface area (Å²) < 4.78 is 34.6. The molecule has 1 N–H and O–H groups in total. The van der Waals surface area contributed by atoms with Gasteiger partial charge in [0.05, 0.1) is 44.8 Å². The highest BCUT2D eigenvalue weighted by Crippen LogP contribution is 2.46. The predicted octanol–water partition coefficient (Wildman–Crippen LogP) is 6.40. The first-order valence-electron chi connectivity index (χ1n) is 19.3. The van der Waals surface area contributed by atoms with Crippen molar-refractivity contribution in [1.29, 1.82) is 0 Å². The van der Waals surface area contributed by atoms with Gasteiger partial charge in [-0.05, 0) is 58.7 Å². The van der Waals surface area contributed by atoms with Crippen LogP contribution in [0.2, 0.25) is 0 Å². The van der Waals surface area contributed by atoms with Crippen molar-refractivity contribution in [3.05, 3.63) is 113 Å². The van der Waals surface area contributed by atoms with Crippen molar-refractivity contribution < 1.29 is 23.7 Å². The highest BCUT2D eigenvalue weighted by Gasteiger charge is 2.46. The molecule has 0 amide bonds. The van der Waals surface area contributed by atoms with E-state index in [2.05, 4.69) is 52.5 Å². The fourth-order valence-corrected chi connectivity index (χ4v) is 9.30. The van der Waals surface area contributed by atoms with Crippen LogP contribution in [0.1, 0.15) is 42.0 Å². The fourth-order valence-electron chi connectivity index (χ4n) is 9.00. The lowest BCUT2D eigenvalue weighted by atomic mass is 9.84. The largest absolute Gasteiger partial charge is 0.493 e. The number of para-hydroxylation sites is 2. The quantitative estimate of drug-likeness (QED) is 0.197.